The van der Waals surface area contributed by atoms with Crippen molar-refractivity contribution < 1.29 is 4.74 Å². The molecule has 0 aliphatic rings. The highest BCUT2D eigenvalue weighted by Gasteiger charge is 2.19. The highest BCUT2D eigenvalue weighted by Crippen LogP contribution is 2.28. The number of rotatable bonds is 4. The fraction of sp³-hybridized carbons (Fsp3) is 0.300. The molecule has 0 aliphatic carbocycles. The number of hydrogen-bond donors (Lipinski definition) is 1. The molecule has 1 unspecified atom stereocenters. The van der Waals surface area contributed by atoms with Crippen LogP contribution in [0.1, 0.15) is 16.6 Å². The number of nitrogens with zero attached hydrogens (tertiary/aromatic N) is 3. The number of aromatic nitrogens is 3. The van der Waals surface area contributed by atoms with E-state index in [2.05, 4.69) is 19.9 Å². The first-order chi connectivity index (χ1) is 7.86. The van der Waals surface area contributed by atoms with E-state index in [1.54, 1.807) is 19.5 Å². The van der Waals surface area contributed by atoms with Crippen molar-refractivity contribution in [1.29, 1.82) is 0 Å². The molecule has 0 amide bonds. The summed E-state index contributed by atoms with van der Waals surface area (Å²) in [6.45, 7) is 0. The lowest BCUT2D eigenvalue weighted by Gasteiger charge is -2.15. The zero-order chi connectivity index (χ0) is 11.4. The first-order valence-corrected chi connectivity index (χ1v) is 5.57. The van der Waals surface area contributed by atoms with Gasteiger partial charge in [0.2, 0.25) is 0 Å². The summed E-state index contributed by atoms with van der Waals surface area (Å²) < 4.78 is 9.14. The van der Waals surface area contributed by atoms with Crippen molar-refractivity contribution in [3.05, 3.63) is 35.1 Å². The van der Waals surface area contributed by atoms with Crippen molar-refractivity contribution in [2.45, 2.75) is 6.04 Å². The Bertz CT molecular complexity index is 446. The predicted octanol–water partition coefficient (Wildman–Crippen LogP) is 1.25. The minimum atomic E-state index is -0.0313. The third kappa shape index (κ3) is 2.02. The van der Waals surface area contributed by atoms with Crippen molar-refractivity contribution in [2.75, 3.05) is 14.2 Å². The van der Waals surface area contributed by atoms with Gasteiger partial charge in [0.15, 0.2) is 0 Å². The Hall–Kier alpha value is -1.53. The number of methoxy groups -OCH3 is 1. The van der Waals surface area contributed by atoms with E-state index in [0.717, 1.165) is 16.3 Å². The Balaban J connectivity index is 2.41. The molecule has 2 aromatic rings. The molecule has 6 heteroatoms. The fourth-order valence-corrected chi connectivity index (χ4v) is 2.13. The summed E-state index contributed by atoms with van der Waals surface area (Å²) in [5.74, 6) is 0.759. The average molecular weight is 236 g/mol. The van der Waals surface area contributed by atoms with Gasteiger partial charge in [-0.15, -0.1) is 5.10 Å². The van der Waals surface area contributed by atoms with Crippen LogP contribution in [0.2, 0.25) is 0 Å². The van der Waals surface area contributed by atoms with Crippen LogP contribution in [0.25, 0.3) is 0 Å². The third-order valence-electron chi connectivity index (χ3n) is 2.24. The molecular formula is C10H12N4OS. The summed E-state index contributed by atoms with van der Waals surface area (Å²) in [6.07, 6.45) is 3.48. The van der Waals surface area contributed by atoms with Gasteiger partial charge in [0.1, 0.15) is 11.4 Å². The van der Waals surface area contributed by atoms with E-state index in [1.165, 1.54) is 11.5 Å². The highest BCUT2D eigenvalue weighted by molar-refractivity contribution is 7.05. The van der Waals surface area contributed by atoms with Crippen molar-refractivity contribution in [3.63, 3.8) is 0 Å². The van der Waals surface area contributed by atoms with E-state index < -0.39 is 0 Å². The van der Waals surface area contributed by atoms with Crippen molar-refractivity contribution >= 4 is 11.5 Å². The van der Waals surface area contributed by atoms with Crippen LogP contribution in [0.3, 0.4) is 0 Å². The van der Waals surface area contributed by atoms with Crippen LogP contribution in [0, 0.1) is 0 Å². The largest absolute Gasteiger partial charge is 0.495 e. The summed E-state index contributed by atoms with van der Waals surface area (Å²) in [7, 11) is 3.51. The van der Waals surface area contributed by atoms with Crippen LogP contribution < -0.4 is 10.1 Å². The zero-order valence-corrected chi connectivity index (χ0v) is 9.86. The number of nitrogens with one attached hydrogen (secondary N) is 1. The van der Waals surface area contributed by atoms with Gasteiger partial charge < -0.3 is 10.1 Å². The van der Waals surface area contributed by atoms with Crippen LogP contribution in [0.4, 0.5) is 0 Å². The van der Waals surface area contributed by atoms with Gasteiger partial charge in [-0.1, -0.05) is 4.49 Å². The molecule has 5 nitrogen and oxygen atoms in total. The molecule has 2 aromatic heterocycles. The van der Waals surface area contributed by atoms with Gasteiger partial charge in [-0.2, -0.15) is 0 Å². The first kappa shape index (κ1) is 11.0. The molecule has 0 aliphatic heterocycles. The molecule has 1 atom stereocenters. The maximum atomic E-state index is 5.29. The van der Waals surface area contributed by atoms with Gasteiger partial charge >= 0.3 is 0 Å². The molecule has 0 bridgehead atoms. The Morgan fingerprint density at radius 2 is 2.38 bits per heavy atom. The summed E-state index contributed by atoms with van der Waals surface area (Å²) in [5.41, 5.74) is 0.846. The fourth-order valence-electron chi connectivity index (χ4n) is 1.51. The molecule has 2 rings (SSSR count). The summed E-state index contributed by atoms with van der Waals surface area (Å²) in [5, 5.41) is 7.02. The summed E-state index contributed by atoms with van der Waals surface area (Å²) in [6, 6.07) is 3.71. The van der Waals surface area contributed by atoms with E-state index in [0.29, 0.717) is 0 Å². The zero-order valence-electron chi connectivity index (χ0n) is 9.04. The smallest absolute Gasteiger partial charge is 0.142 e. The highest BCUT2D eigenvalue weighted by atomic mass is 32.1. The monoisotopic (exact) mass is 236 g/mol. The van der Waals surface area contributed by atoms with Crippen LogP contribution >= 0.6 is 11.5 Å². The number of hydrogen-bond acceptors (Lipinski definition) is 6. The van der Waals surface area contributed by atoms with Crippen LogP contribution in [0.15, 0.2) is 24.5 Å². The maximum absolute atomic E-state index is 5.29. The topological polar surface area (TPSA) is 59.9 Å². The Morgan fingerprint density at radius 3 is 3.00 bits per heavy atom. The summed E-state index contributed by atoms with van der Waals surface area (Å²) in [4.78, 5) is 5.35. The molecule has 1 N–H and O–H groups in total. The first-order valence-electron chi connectivity index (χ1n) is 4.80. The van der Waals surface area contributed by atoms with Crippen molar-refractivity contribution in [3.8, 4) is 5.75 Å². The van der Waals surface area contributed by atoms with Gasteiger partial charge in [0.05, 0.1) is 24.2 Å². The molecular weight excluding hydrogens is 224 g/mol. The second-order valence-corrected chi connectivity index (χ2v) is 3.95. The van der Waals surface area contributed by atoms with Crippen LogP contribution in [-0.2, 0) is 0 Å². The quantitative estimate of drug-likeness (QED) is 0.865. The Morgan fingerprint density at radius 1 is 1.50 bits per heavy atom. The van der Waals surface area contributed by atoms with Gasteiger partial charge in [0, 0.05) is 6.20 Å². The van der Waals surface area contributed by atoms with E-state index in [1.807, 2.05) is 19.2 Å². The van der Waals surface area contributed by atoms with Crippen molar-refractivity contribution in [2.24, 2.45) is 0 Å². The molecule has 2 heterocycles. The average Bonchev–Trinajstić information content (AvgIpc) is 2.84. The lowest BCUT2D eigenvalue weighted by atomic mass is 10.1. The van der Waals surface area contributed by atoms with Gasteiger partial charge in [-0.3, -0.25) is 4.98 Å². The van der Waals surface area contributed by atoms with Gasteiger partial charge in [0.25, 0.3) is 0 Å². The van der Waals surface area contributed by atoms with E-state index >= 15 is 0 Å². The summed E-state index contributed by atoms with van der Waals surface area (Å²) >= 11 is 1.35. The normalized spacial score (nSPS) is 12.4. The molecule has 0 spiro atoms. The van der Waals surface area contributed by atoms with Crippen LogP contribution in [0.5, 0.6) is 5.75 Å². The molecule has 0 radical (unpaired) electrons. The van der Waals surface area contributed by atoms with E-state index in [9.17, 15) is 0 Å². The SMILES string of the molecule is CNC(c1cnns1)c1ncccc1OC. The Kier molecular flexibility index (Phi) is 3.43. The molecule has 0 saturated carbocycles. The van der Waals surface area contributed by atoms with E-state index in [-0.39, 0.29) is 6.04 Å². The second-order valence-electron chi connectivity index (χ2n) is 3.13. The number of ether oxygens (including phenoxy) is 1. The second kappa shape index (κ2) is 5.00. The third-order valence-corrected chi connectivity index (χ3v) is 2.97. The standard InChI is InChI=1S/C10H12N4OS/c1-11-10(8-6-13-14-16-8)9-7(15-2)4-3-5-12-9/h3-6,10-11H,1-2H3. The minimum absolute atomic E-state index is 0.0313. The predicted molar refractivity (Wildman–Crippen MR) is 61.6 cm³/mol. The van der Waals surface area contributed by atoms with E-state index in [4.69, 9.17) is 4.74 Å². The van der Waals surface area contributed by atoms with Crippen LogP contribution in [-0.4, -0.2) is 28.7 Å². The number of pyridine rings is 1. The minimum Gasteiger partial charge on any atom is -0.495 e. The molecule has 16 heavy (non-hydrogen) atoms. The lowest BCUT2D eigenvalue weighted by Crippen LogP contribution is -2.18. The van der Waals surface area contributed by atoms with Crippen molar-refractivity contribution in [1.82, 2.24) is 19.9 Å². The molecule has 84 valence electrons. The maximum Gasteiger partial charge on any atom is 0.142 e. The molecule has 0 fully saturated rings. The van der Waals surface area contributed by atoms with Gasteiger partial charge in [-0.05, 0) is 30.7 Å². The lowest BCUT2D eigenvalue weighted by molar-refractivity contribution is 0.402. The Labute approximate surface area is 97.7 Å². The molecule has 0 saturated heterocycles. The van der Waals surface area contributed by atoms with Gasteiger partial charge in [-0.25, -0.2) is 0 Å². The molecule has 0 aromatic carbocycles.